The van der Waals surface area contributed by atoms with Crippen LogP contribution in [0.1, 0.15) is 39.8 Å². The number of pyridine rings is 1. The van der Waals surface area contributed by atoms with Crippen LogP contribution in [0.25, 0.3) is 0 Å². The quantitative estimate of drug-likeness (QED) is 0.498. The van der Waals surface area contributed by atoms with Crippen molar-refractivity contribution in [3.05, 3.63) is 119 Å². The lowest BCUT2D eigenvalue weighted by molar-refractivity contribution is 0.226. The standard InChI is InChI=1S/C25H23N3O/c1-3-9-19(10-4-1)24(20-11-5-2-6-12-20)25-22-18-28(16-14-23(22)29-27-25)17-21-13-7-8-15-26-21/h1-13,15,24H,14,16-18H2. The number of hydrogen-bond acceptors (Lipinski definition) is 4. The highest BCUT2D eigenvalue weighted by Crippen LogP contribution is 2.36. The third kappa shape index (κ3) is 3.71. The molecule has 0 unspecified atom stereocenters. The van der Waals surface area contributed by atoms with Gasteiger partial charge in [0.15, 0.2) is 0 Å². The Hall–Kier alpha value is -3.24. The first-order chi connectivity index (χ1) is 14.4. The van der Waals surface area contributed by atoms with Crippen LogP contribution in [-0.4, -0.2) is 21.6 Å². The van der Waals surface area contributed by atoms with E-state index in [-0.39, 0.29) is 5.92 Å². The number of benzene rings is 2. The Morgan fingerprint density at radius 1 is 0.862 bits per heavy atom. The van der Waals surface area contributed by atoms with Gasteiger partial charge in [-0.1, -0.05) is 71.9 Å². The van der Waals surface area contributed by atoms with Gasteiger partial charge in [0.25, 0.3) is 0 Å². The average molecular weight is 381 g/mol. The molecule has 0 atom stereocenters. The van der Waals surface area contributed by atoms with Gasteiger partial charge < -0.3 is 4.52 Å². The smallest absolute Gasteiger partial charge is 0.142 e. The number of aromatic nitrogens is 2. The molecule has 3 heterocycles. The molecule has 0 radical (unpaired) electrons. The monoisotopic (exact) mass is 381 g/mol. The van der Waals surface area contributed by atoms with E-state index in [2.05, 4.69) is 81.8 Å². The highest BCUT2D eigenvalue weighted by molar-refractivity contribution is 5.44. The summed E-state index contributed by atoms with van der Waals surface area (Å²) in [5, 5.41) is 4.58. The lowest BCUT2D eigenvalue weighted by atomic mass is 9.85. The zero-order chi connectivity index (χ0) is 19.5. The minimum Gasteiger partial charge on any atom is -0.361 e. The lowest BCUT2D eigenvalue weighted by Gasteiger charge is -2.27. The fourth-order valence-electron chi connectivity index (χ4n) is 4.17. The second kappa shape index (κ2) is 8.02. The van der Waals surface area contributed by atoms with Crippen molar-refractivity contribution in [2.45, 2.75) is 25.4 Å². The number of rotatable bonds is 5. The van der Waals surface area contributed by atoms with E-state index in [1.54, 1.807) is 0 Å². The van der Waals surface area contributed by atoms with E-state index in [0.29, 0.717) is 0 Å². The Balaban J connectivity index is 1.50. The molecule has 1 aliphatic heterocycles. The highest BCUT2D eigenvalue weighted by Gasteiger charge is 2.30. The predicted molar refractivity (Wildman–Crippen MR) is 112 cm³/mol. The van der Waals surface area contributed by atoms with Crippen molar-refractivity contribution in [3.63, 3.8) is 0 Å². The summed E-state index contributed by atoms with van der Waals surface area (Å²) in [5.74, 6) is 1.09. The van der Waals surface area contributed by atoms with E-state index in [1.807, 2.05) is 18.3 Å². The molecule has 144 valence electrons. The SMILES string of the molecule is c1ccc(C(c2ccccc2)c2noc3c2CN(Cc2ccccn2)CC3)cc1. The molecule has 0 saturated heterocycles. The average Bonchev–Trinajstić information content (AvgIpc) is 3.19. The van der Waals surface area contributed by atoms with Gasteiger partial charge in [0, 0.05) is 37.8 Å². The Morgan fingerprint density at radius 3 is 2.21 bits per heavy atom. The van der Waals surface area contributed by atoms with Gasteiger partial charge in [0.1, 0.15) is 11.5 Å². The van der Waals surface area contributed by atoms with Crippen LogP contribution < -0.4 is 0 Å². The molecule has 5 rings (SSSR count). The van der Waals surface area contributed by atoms with Gasteiger partial charge in [-0.15, -0.1) is 0 Å². The number of fused-ring (bicyclic) bond motifs is 1. The van der Waals surface area contributed by atoms with Crippen molar-refractivity contribution in [1.82, 2.24) is 15.0 Å². The van der Waals surface area contributed by atoms with Crippen molar-refractivity contribution in [2.75, 3.05) is 6.54 Å². The summed E-state index contributed by atoms with van der Waals surface area (Å²) in [7, 11) is 0. The van der Waals surface area contributed by atoms with Crippen molar-refractivity contribution < 1.29 is 4.52 Å². The Bertz CT molecular complexity index is 1020. The molecule has 4 nitrogen and oxygen atoms in total. The maximum absolute atomic E-state index is 5.82. The van der Waals surface area contributed by atoms with E-state index >= 15 is 0 Å². The number of hydrogen-bond donors (Lipinski definition) is 0. The molecule has 0 fully saturated rings. The van der Waals surface area contributed by atoms with Crippen LogP contribution >= 0.6 is 0 Å². The molecule has 2 aromatic carbocycles. The van der Waals surface area contributed by atoms with Gasteiger partial charge >= 0.3 is 0 Å². The van der Waals surface area contributed by atoms with Crippen molar-refractivity contribution in [1.29, 1.82) is 0 Å². The zero-order valence-corrected chi connectivity index (χ0v) is 16.2. The van der Waals surface area contributed by atoms with Crippen LogP contribution in [0.15, 0.2) is 89.6 Å². The Kier molecular flexibility index (Phi) is 4.93. The van der Waals surface area contributed by atoms with Crippen molar-refractivity contribution >= 4 is 0 Å². The molecule has 29 heavy (non-hydrogen) atoms. The van der Waals surface area contributed by atoms with Crippen LogP contribution in [-0.2, 0) is 19.5 Å². The molecule has 4 aromatic rings. The normalized spacial score (nSPS) is 14.1. The Morgan fingerprint density at radius 2 is 1.55 bits per heavy atom. The molecule has 1 aliphatic rings. The Labute approximate surface area is 170 Å². The molecule has 4 heteroatoms. The van der Waals surface area contributed by atoms with Crippen LogP contribution in [0.2, 0.25) is 0 Å². The topological polar surface area (TPSA) is 42.2 Å². The van der Waals surface area contributed by atoms with E-state index in [9.17, 15) is 0 Å². The third-order valence-electron chi connectivity index (χ3n) is 5.59. The van der Waals surface area contributed by atoms with Crippen LogP contribution in [0.5, 0.6) is 0 Å². The first-order valence-corrected chi connectivity index (χ1v) is 10.1. The summed E-state index contributed by atoms with van der Waals surface area (Å²) >= 11 is 0. The second-order valence-electron chi connectivity index (χ2n) is 7.51. The third-order valence-corrected chi connectivity index (χ3v) is 5.59. The van der Waals surface area contributed by atoms with Gasteiger partial charge in [0.2, 0.25) is 0 Å². The first-order valence-electron chi connectivity index (χ1n) is 10.1. The lowest BCUT2D eigenvalue weighted by Crippen LogP contribution is -2.30. The minimum absolute atomic E-state index is 0.0692. The fourth-order valence-corrected chi connectivity index (χ4v) is 4.17. The first kappa shape index (κ1) is 17.8. The van der Waals surface area contributed by atoms with Crippen molar-refractivity contribution in [3.8, 4) is 0 Å². The van der Waals surface area contributed by atoms with Gasteiger partial charge in [0.05, 0.1) is 11.6 Å². The maximum atomic E-state index is 5.82. The van der Waals surface area contributed by atoms with Crippen molar-refractivity contribution in [2.24, 2.45) is 0 Å². The van der Waals surface area contributed by atoms with E-state index in [4.69, 9.17) is 4.52 Å². The molecular weight excluding hydrogens is 358 g/mol. The van der Waals surface area contributed by atoms with Crippen LogP contribution in [0.4, 0.5) is 0 Å². The summed E-state index contributed by atoms with van der Waals surface area (Å²) in [6.07, 6.45) is 2.74. The molecule has 0 aliphatic carbocycles. The van der Waals surface area contributed by atoms with E-state index in [1.165, 1.54) is 16.7 Å². The molecule has 0 bridgehead atoms. The fraction of sp³-hybridized carbons (Fsp3) is 0.200. The predicted octanol–water partition coefficient (Wildman–Crippen LogP) is 4.81. The van der Waals surface area contributed by atoms with E-state index in [0.717, 1.165) is 43.2 Å². The molecule has 0 spiro atoms. The van der Waals surface area contributed by atoms with Gasteiger partial charge in [-0.2, -0.15) is 0 Å². The highest BCUT2D eigenvalue weighted by atomic mass is 16.5. The van der Waals surface area contributed by atoms with Gasteiger partial charge in [-0.25, -0.2) is 0 Å². The second-order valence-corrected chi connectivity index (χ2v) is 7.51. The van der Waals surface area contributed by atoms with Crippen LogP contribution in [0, 0.1) is 0 Å². The molecule has 0 amide bonds. The summed E-state index contributed by atoms with van der Waals surface area (Å²) in [6, 6.07) is 27.2. The van der Waals surface area contributed by atoms with Crippen LogP contribution in [0.3, 0.4) is 0 Å². The zero-order valence-electron chi connectivity index (χ0n) is 16.2. The summed E-state index contributed by atoms with van der Waals surface area (Å²) in [4.78, 5) is 6.92. The summed E-state index contributed by atoms with van der Waals surface area (Å²) in [5.41, 5.74) is 5.82. The molecule has 0 saturated carbocycles. The maximum Gasteiger partial charge on any atom is 0.142 e. The molecule has 0 N–H and O–H groups in total. The van der Waals surface area contributed by atoms with Gasteiger partial charge in [-0.3, -0.25) is 9.88 Å². The molecule has 2 aromatic heterocycles. The molecular formula is C25H23N3O. The summed E-state index contributed by atoms with van der Waals surface area (Å²) in [6.45, 7) is 2.63. The summed E-state index contributed by atoms with van der Waals surface area (Å²) < 4.78 is 5.82. The number of nitrogens with zero attached hydrogens (tertiary/aromatic N) is 3. The minimum atomic E-state index is 0.0692. The largest absolute Gasteiger partial charge is 0.361 e. The van der Waals surface area contributed by atoms with Gasteiger partial charge in [-0.05, 0) is 23.3 Å². The van der Waals surface area contributed by atoms with E-state index < -0.39 is 0 Å².